The Hall–Kier alpha value is -2.10. The molecule has 0 aromatic carbocycles. The van der Waals surface area contributed by atoms with Crippen molar-refractivity contribution in [1.82, 2.24) is 0 Å². The Balaban J connectivity index is 2.06. The van der Waals surface area contributed by atoms with Crippen LogP contribution >= 0.6 is 0 Å². The van der Waals surface area contributed by atoms with Crippen LogP contribution < -0.4 is 0 Å². The number of furan rings is 1. The van der Waals surface area contributed by atoms with Gasteiger partial charge in [-0.2, -0.15) is 0 Å². The first kappa shape index (κ1) is 23.2. The number of hydrogen-bond acceptors (Lipinski definition) is 4. The highest BCUT2D eigenvalue weighted by atomic mass is 16.5. The fourth-order valence-electron chi connectivity index (χ4n) is 4.07. The summed E-state index contributed by atoms with van der Waals surface area (Å²) in [5.74, 6) is 1.22. The van der Waals surface area contributed by atoms with Gasteiger partial charge in [-0.1, -0.05) is 44.3 Å². The molecule has 0 radical (unpaired) electrons. The molecule has 0 fully saturated rings. The number of esters is 1. The van der Waals surface area contributed by atoms with Crippen LogP contribution in [0.15, 0.2) is 45.1 Å². The molecular weight excluding hydrogens is 364 g/mol. The minimum Gasteiger partial charge on any atom is -0.469 e. The Morgan fingerprint density at radius 3 is 2.62 bits per heavy atom. The predicted octanol–water partition coefficient (Wildman–Crippen LogP) is 6.36. The molecule has 0 saturated heterocycles. The van der Waals surface area contributed by atoms with Crippen molar-refractivity contribution in [3.8, 4) is 0 Å². The second kappa shape index (κ2) is 11.8. The number of unbranched alkanes of at least 4 members (excludes halogenated alkanes) is 2. The van der Waals surface area contributed by atoms with Crippen molar-refractivity contribution < 1.29 is 18.7 Å². The Bertz CT molecular complexity index is 737. The van der Waals surface area contributed by atoms with E-state index in [9.17, 15) is 9.59 Å². The van der Waals surface area contributed by atoms with Gasteiger partial charge in [-0.05, 0) is 63.2 Å². The van der Waals surface area contributed by atoms with Gasteiger partial charge in [0, 0.05) is 18.4 Å². The molecule has 0 bridgehead atoms. The third-order valence-corrected chi connectivity index (χ3v) is 5.68. The van der Waals surface area contributed by atoms with Gasteiger partial charge in [0.15, 0.2) is 5.78 Å². The third-order valence-electron chi connectivity index (χ3n) is 5.68. The van der Waals surface area contributed by atoms with E-state index in [-0.39, 0.29) is 11.8 Å². The number of carbonyl (C=O) groups is 2. The molecule has 2 rings (SSSR count). The molecule has 0 aliphatic heterocycles. The number of carbonyl (C=O) groups excluding carboxylic acids is 2. The van der Waals surface area contributed by atoms with E-state index in [0.29, 0.717) is 31.8 Å². The zero-order chi connectivity index (χ0) is 21.2. The fraction of sp³-hybridized carbons (Fsp3) is 0.600. The molecule has 1 unspecified atom stereocenters. The number of hydrogen-bond donors (Lipinski definition) is 0. The van der Waals surface area contributed by atoms with Crippen LogP contribution in [-0.2, 0) is 20.7 Å². The zero-order valence-corrected chi connectivity index (χ0v) is 18.5. The van der Waals surface area contributed by atoms with Crippen LogP contribution in [0.4, 0.5) is 0 Å². The predicted molar refractivity (Wildman–Crippen MR) is 116 cm³/mol. The van der Waals surface area contributed by atoms with E-state index >= 15 is 0 Å². The Kier molecular flexibility index (Phi) is 9.43. The molecule has 1 atom stereocenters. The number of ketones is 1. The van der Waals surface area contributed by atoms with Crippen molar-refractivity contribution in [2.75, 3.05) is 6.61 Å². The van der Waals surface area contributed by atoms with Gasteiger partial charge in [0.1, 0.15) is 5.76 Å². The molecule has 0 N–H and O–H groups in total. The lowest BCUT2D eigenvalue weighted by Crippen LogP contribution is -2.21. The zero-order valence-electron chi connectivity index (χ0n) is 18.5. The van der Waals surface area contributed by atoms with E-state index in [1.165, 1.54) is 0 Å². The number of rotatable bonds is 11. The van der Waals surface area contributed by atoms with Gasteiger partial charge in [-0.3, -0.25) is 4.79 Å². The second-order valence-electron chi connectivity index (χ2n) is 8.27. The summed E-state index contributed by atoms with van der Waals surface area (Å²) in [5, 5.41) is 0. The van der Waals surface area contributed by atoms with Crippen LogP contribution in [0.2, 0.25) is 0 Å². The molecule has 4 nitrogen and oxygen atoms in total. The summed E-state index contributed by atoms with van der Waals surface area (Å²) in [7, 11) is 0. The largest absolute Gasteiger partial charge is 0.469 e. The van der Waals surface area contributed by atoms with E-state index in [2.05, 4.69) is 20.8 Å². The first-order valence-electron chi connectivity index (χ1n) is 11.1. The average molecular weight is 401 g/mol. The molecule has 160 valence electrons. The van der Waals surface area contributed by atoms with Crippen molar-refractivity contribution >= 4 is 11.8 Å². The van der Waals surface area contributed by atoms with Crippen molar-refractivity contribution in [2.24, 2.45) is 5.92 Å². The number of allylic oxidation sites excluding steroid dienone is 3. The first-order valence-corrected chi connectivity index (χ1v) is 11.1. The quantitative estimate of drug-likeness (QED) is 0.246. The van der Waals surface area contributed by atoms with Crippen LogP contribution in [0, 0.1) is 5.92 Å². The lowest BCUT2D eigenvalue weighted by Gasteiger charge is -2.25. The highest BCUT2D eigenvalue weighted by Gasteiger charge is 2.27. The standard InChI is InChI=1S/C25H36O4/c1-5-7-8-12-29-25(27)22(10-6-2)19(4)15-23-18(3)14-20(17-24(23)26)16-21-11-9-13-28-21/h9,11,13,20H,5-8,10,12,14-17H2,1-4H3/b22-19+. The van der Waals surface area contributed by atoms with E-state index in [0.717, 1.165) is 66.6 Å². The maximum absolute atomic E-state index is 12.8. The summed E-state index contributed by atoms with van der Waals surface area (Å²) in [6.45, 7) is 8.69. The lowest BCUT2D eigenvalue weighted by molar-refractivity contribution is -0.139. The summed E-state index contributed by atoms with van der Waals surface area (Å²) in [5.41, 5.74) is 3.74. The molecule has 0 spiro atoms. The molecular formula is C25H36O4. The molecule has 1 aliphatic carbocycles. The maximum atomic E-state index is 12.8. The highest BCUT2D eigenvalue weighted by Crippen LogP contribution is 2.33. The molecule has 1 aliphatic rings. The van der Waals surface area contributed by atoms with Crippen molar-refractivity contribution in [1.29, 1.82) is 0 Å². The fourth-order valence-corrected chi connectivity index (χ4v) is 4.07. The van der Waals surface area contributed by atoms with Crippen LogP contribution in [0.5, 0.6) is 0 Å². The summed E-state index contributed by atoms with van der Waals surface area (Å²) in [4.78, 5) is 25.4. The van der Waals surface area contributed by atoms with Crippen LogP contribution in [-0.4, -0.2) is 18.4 Å². The summed E-state index contributed by atoms with van der Waals surface area (Å²) in [6, 6.07) is 3.86. The van der Waals surface area contributed by atoms with E-state index in [4.69, 9.17) is 9.15 Å². The topological polar surface area (TPSA) is 56.5 Å². The monoisotopic (exact) mass is 400 g/mol. The van der Waals surface area contributed by atoms with E-state index in [1.54, 1.807) is 6.26 Å². The smallest absolute Gasteiger partial charge is 0.333 e. The second-order valence-corrected chi connectivity index (χ2v) is 8.27. The number of Topliss-reactive ketones (excluding diaryl/α,β-unsaturated/α-hetero) is 1. The highest BCUT2D eigenvalue weighted by molar-refractivity contribution is 5.98. The van der Waals surface area contributed by atoms with E-state index in [1.807, 2.05) is 19.1 Å². The normalized spacial score (nSPS) is 18.1. The minimum absolute atomic E-state index is 0.205. The third kappa shape index (κ3) is 7.02. The van der Waals surface area contributed by atoms with Gasteiger partial charge in [0.25, 0.3) is 0 Å². The minimum atomic E-state index is -0.210. The summed E-state index contributed by atoms with van der Waals surface area (Å²) in [6.07, 6.45) is 9.13. The van der Waals surface area contributed by atoms with Crippen molar-refractivity contribution in [3.63, 3.8) is 0 Å². The molecule has 0 amide bonds. The van der Waals surface area contributed by atoms with Gasteiger partial charge >= 0.3 is 5.97 Å². The number of ether oxygens (including phenoxy) is 1. The molecule has 1 heterocycles. The molecule has 29 heavy (non-hydrogen) atoms. The molecule has 4 heteroatoms. The van der Waals surface area contributed by atoms with Crippen LogP contribution in [0.3, 0.4) is 0 Å². The Morgan fingerprint density at radius 2 is 2.00 bits per heavy atom. The van der Waals surface area contributed by atoms with Gasteiger partial charge in [0.05, 0.1) is 12.9 Å². The first-order chi connectivity index (χ1) is 14.0. The average Bonchev–Trinajstić information content (AvgIpc) is 3.19. The van der Waals surface area contributed by atoms with Crippen molar-refractivity contribution in [3.05, 3.63) is 46.4 Å². The molecule has 1 aromatic rings. The van der Waals surface area contributed by atoms with Crippen LogP contribution in [0.25, 0.3) is 0 Å². The Morgan fingerprint density at radius 1 is 1.21 bits per heavy atom. The maximum Gasteiger partial charge on any atom is 0.333 e. The van der Waals surface area contributed by atoms with Gasteiger partial charge in [-0.15, -0.1) is 0 Å². The SMILES string of the molecule is CCCCCOC(=O)/C(CCC)=C(\C)CC1=C(C)CC(Cc2ccco2)CC1=O. The molecule has 0 saturated carbocycles. The summed E-state index contributed by atoms with van der Waals surface area (Å²) < 4.78 is 10.9. The van der Waals surface area contributed by atoms with Gasteiger partial charge in [0.2, 0.25) is 0 Å². The van der Waals surface area contributed by atoms with Gasteiger partial charge < -0.3 is 9.15 Å². The summed E-state index contributed by atoms with van der Waals surface area (Å²) >= 11 is 0. The van der Waals surface area contributed by atoms with E-state index < -0.39 is 0 Å². The van der Waals surface area contributed by atoms with Crippen LogP contribution in [0.1, 0.15) is 84.8 Å². The van der Waals surface area contributed by atoms with Crippen molar-refractivity contribution in [2.45, 2.75) is 85.5 Å². The lowest BCUT2D eigenvalue weighted by atomic mass is 9.79. The Labute approximate surface area is 175 Å². The van der Waals surface area contributed by atoms with Gasteiger partial charge in [-0.25, -0.2) is 4.79 Å². The molecule has 1 aromatic heterocycles.